The Morgan fingerprint density at radius 2 is 1.87 bits per heavy atom. The number of aromatic nitrogens is 1. The molecule has 1 aliphatic rings. The van der Waals surface area contributed by atoms with Crippen molar-refractivity contribution in [2.24, 2.45) is 5.92 Å². The lowest BCUT2D eigenvalue weighted by atomic mass is 9.75. The lowest BCUT2D eigenvalue weighted by molar-refractivity contribution is -0.123. The molecule has 1 heterocycles. The third-order valence-electron chi connectivity index (χ3n) is 4.49. The molecule has 1 fully saturated rings. The lowest BCUT2D eigenvalue weighted by Gasteiger charge is -2.38. The zero-order valence-electron chi connectivity index (χ0n) is 13.1. The van der Waals surface area contributed by atoms with Crippen LogP contribution in [-0.2, 0) is 11.2 Å². The highest BCUT2D eigenvalue weighted by Gasteiger charge is 2.35. The normalized spacial score (nSPS) is 21.3. The van der Waals surface area contributed by atoms with E-state index in [2.05, 4.69) is 10.3 Å². The molecule has 4 nitrogen and oxygen atoms in total. The number of hydrogen-bond acceptors (Lipinski definition) is 3. The zero-order valence-corrected chi connectivity index (χ0v) is 13.1. The maximum absolute atomic E-state index is 12.3. The number of carbonyl (C=O) groups is 1. The summed E-state index contributed by atoms with van der Waals surface area (Å²) in [7, 11) is 0. The van der Waals surface area contributed by atoms with Gasteiger partial charge in [0.25, 0.3) is 0 Å². The largest absolute Gasteiger partial charge is 0.393 e. The highest BCUT2D eigenvalue weighted by molar-refractivity contribution is 5.76. The standard InChI is InChI=1S/C19H22N2O2/c22-17-12-16(13-17)19(15-4-2-1-3-5-15)21-18(23)7-6-14-8-10-20-11-9-14/h1-5,8-11,16-17,19,22H,6-7,12-13H2,(H,21,23). The summed E-state index contributed by atoms with van der Waals surface area (Å²) < 4.78 is 0. The van der Waals surface area contributed by atoms with Gasteiger partial charge < -0.3 is 10.4 Å². The van der Waals surface area contributed by atoms with Crippen molar-refractivity contribution in [3.63, 3.8) is 0 Å². The Hall–Kier alpha value is -2.20. The summed E-state index contributed by atoms with van der Waals surface area (Å²) in [6, 6.07) is 13.9. The van der Waals surface area contributed by atoms with Gasteiger partial charge in [-0.25, -0.2) is 0 Å². The summed E-state index contributed by atoms with van der Waals surface area (Å²) in [5, 5.41) is 12.7. The van der Waals surface area contributed by atoms with E-state index in [1.807, 2.05) is 42.5 Å². The number of nitrogens with zero attached hydrogens (tertiary/aromatic N) is 1. The topological polar surface area (TPSA) is 62.2 Å². The highest BCUT2D eigenvalue weighted by Crippen LogP contribution is 2.38. The molecule has 4 heteroatoms. The van der Waals surface area contributed by atoms with Crippen LogP contribution in [-0.4, -0.2) is 22.1 Å². The molecule has 0 radical (unpaired) electrons. The Morgan fingerprint density at radius 1 is 1.17 bits per heavy atom. The molecular weight excluding hydrogens is 288 g/mol. The van der Waals surface area contributed by atoms with E-state index in [9.17, 15) is 9.90 Å². The van der Waals surface area contributed by atoms with Crippen molar-refractivity contribution in [3.05, 3.63) is 66.0 Å². The molecule has 2 aromatic rings. The predicted molar refractivity (Wildman–Crippen MR) is 88.6 cm³/mol. The van der Waals surface area contributed by atoms with Gasteiger partial charge >= 0.3 is 0 Å². The molecule has 120 valence electrons. The molecule has 0 bridgehead atoms. The van der Waals surface area contributed by atoms with Gasteiger partial charge in [0.2, 0.25) is 5.91 Å². The van der Waals surface area contributed by atoms with Gasteiger partial charge in [0.1, 0.15) is 0 Å². The van der Waals surface area contributed by atoms with Crippen LogP contribution in [0.2, 0.25) is 0 Å². The van der Waals surface area contributed by atoms with Crippen LogP contribution in [0.3, 0.4) is 0 Å². The SMILES string of the molecule is O=C(CCc1ccncc1)NC(c1ccccc1)C1CC(O)C1. The first-order valence-electron chi connectivity index (χ1n) is 8.13. The van der Waals surface area contributed by atoms with Gasteiger partial charge in [0, 0.05) is 18.8 Å². The van der Waals surface area contributed by atoms with E-state index in [0.717, 1.165) is 24.0 Å². The number of benzene rings is 1. The molecule has 1 aromatic heterocycles. The Balaban J connectivity index is 1.60. The van der Waals surface area contributed by atoms with Gasteiger partial charge in [-0.2, -0.15) is 0 Å². The summed E-state index contributed by atoms with van der Waals surface area (Å²) in [5.41, 5.74) is 2.23. The molecule has 23 heavy (non-hydrogen) atoms. The van der Waals surface area contributed by atoms with Crippen molar-refractivity contribution in [1.82, 2.24) is 10.3 Å². The predicted octanol–water partition coefficient (Wildman–Crippen LogP) is 2.64. The van der Waals surface area contributed by atoms with Crippen molar-refractivity contribution in [3.8, 4) is 0 Å². The molecule has 1 aliphatic carbocycles. The first-order valence-corrected chi connectivity index (χ1v) is 8.13. The van der Waals surface area contributed by atoms with Crippen LogP contribution >= 0.6 is 0 Å². The smallest absolute Gasteiger partial charge is 0.220 e. The molecule has 0 spiro atoms. The number of aliphatic hydroxyl groups is 1. The summed E-state index contributed by atoms with van der Waals surface area (Å²) >= 11 is 0. The van der Waals surface area contributed by atoms with Crippen molar-refractivity contribution in [2.75, 3.05) is 0 Å². The molecule has 1 amide bonds. The summed E-state index contributed by atoms with van der Waals surface area (Å²) in [6.07, 6.45) is 5.95. The molecule has 1 atom stereocenters. The van der Waals surface area contributed by atoms with Gasteiger partial charge in [0.05, 0.1) is 12.1 Å². The van der Waals surface area contributed by atoms with Crippen LogP contribution < -0.4 is 5.32 Å². The quantitative estimate of drug-likeness (QED) is 0.862. The molecule has 0 aliphatic heterocycles. The lowest BCUT2D eigenvalue weighted by Crippen LogP contribution is -2.41. The van der Waals surface area contributed by atoms with Gasteiger partial charge in [-0.1, -0.05) is 30.3 Å². The monoisotopic (exact) mass is 310 g/mol. The number of carbonyl (C=O) groups excluding carboxylic acids is 1. The van der Waals surface area contributed by atoms with Crippen molar-refractivity contribution >= 4 is 5.91 Å². The van der Waals surface area contributed by atoms with Gasteiger partial charge in [0.15, 0.2) is 0 Å². The van der Waals surface area contributed by atoms with Crippen LogP contribution in [0, 0.1) is 5.92 Å². The molecule has 0 saturated heterocycles. The average Bonchev–Trinajstić information content (AvgIpc) is 2.57. The van der Waals surface area contributed by atoms with Crippen molar-refractivity contribution in [1.29, 1.82) is 0 Å². The molecule has 1 unspecified atom stereocenters. The van der Waals surface area contributed by atoms with Gasteiger partial charge in [-0.15, -0.1) is 0 Å². The van der Waals surface area contributed by atoms with E-state index >= 15 is 0 Å². The van der Waals surface area contributed by atoms with Crippen molar-refractivity contribution < 1.29 is 9.90 Å². The minimum Gasteiger partial charge on any atom is -0.393 e. The summed E-state index contributed by atoms with van der Waals surface area (Å²) in [5.74, 6) is 0.370. The Labute approximate surface area is 136 Å². The Kier molecular flexibility index (Phi) is 5.03. The van der Waals surface area contributed by atoms with Crippen LogP contribution in [0.1, 0.15) is 36.4 Å². The minimum absolute atomic E-state index is 0.00969. The van der Waals surface area contributed by atoms with E-state index in [1.165, 1.54) is 0 Å². The molecule has 1 aromatic carbocycles. The Morgan fingerprint density at radius 3 is 2.52 bits per heavy atom. The molecule has 3 rings (SSSR count). The number of amides is 1. The fourth-order valence-electron chi connectivity index (χ4n) is 3.09. The van der Waals surface area contributed by atoms with Crippen LogP contribution in [0.15, 0.2) is 54.9 Å². The summed E-state index contributed by atoms with van der Waals surface area (Å²) in [4.78, 5) is 16.3. The van der Waals surface area contributed by atoms with Gasteiger partial charge in [-0.05, 0) is 48.4 Å². The number of nitrogens with one attached hydrogen (secondary N) is 1. The molecular formula is C19H22N2O2. The third-order valence-corrected chi connectivity index (χ3v) is 4.49. The number of aryl methyl sites for hydroxylation is 1. The number of hydrogen-bond donors (Lipinski definition) is 2. The first-order chi connectivity index (χ1) is 11.2. The number of aliphatic hydroxyl groups excluding tert-OH is 1. The van der Waals surface area contributed by atoms with E-state index in [4.69, 9.17) is 0 Å². The van der Waals surface area contributed by atoms with Gasteiger partial charge in [-0.3, -0.25) is 9.78 Å². The summed E-state index contributed by atoms with van der Waals surface area (Å²) in [6.45, 7) is 0. The van der Waals surface area contributed by atoms with Crippen LogP contribution in [0.5, 0.6) is 0 Å². The molecule has 2 N–H and O–H groups in total. The van der Waals surface area contributed by atoms with E-state index in [1.54, 1.807) is 12.4 Å². The third kappa shape index (κ3) is 4.17. The van der Waals surface area contributed by atoms with Crippen LogP contribution in [0.25, 0.3) is 0 Å². The second kappa shape index (κ2) is 7.38. The van der Waals surface area contributed by atoms with E-state index < -0.39 is 0 Å². The fourth-order valence-corrected chi connectivity index (χ4v) is 3.09. The van der Waals surface area contributed by atoms with Crippen LogP contribution in [0.4, 0.5) is 0 Å². The molecule has 1 saturated carbocycles. The van der Waals surface area contributed by atoms with E-state index in [-0.39, 0.29) is 18.1 Å². The fraction of sp³-hybridized carbons (Fsp3) is 0.368. The number of pyridine rings is 1. The second-order valence-corrected chi connectivity index (χ2v) is 6.20. The number of rotatable bonds is 6. The maximum Gasteiger partial charge on any atom is 0.220 e. The zero-order chi connectivity index (χ0) is 16.1. The average molecular weight is 310 g/mol. The Bertz CT molecular complexity index is 624. The van der Waals surface area contributed by atoms with Crippen molar-refractivity contribution in [2.45, 2.75) is 37.8 Å². The minimum atomic E-state index is -0.222. The first kappa shape index (κ1) is 15.7. The highest BCUT2D eigenvalue weighted by atomic mass is 16.3. The van der Waals surface area contributed by atoms with E-state index in [0.29, 0.717) is 18.8 Å². The maximum atomic E-state index is 12.3. The second-order valence-electron chi connectivity index (χ2n) is 6.20.